The summed E-state index contributed by atoms with van der Waals surface area (Å²) in [6.07, 6.45) is 1.78. The third-order valence-electron chi connectivity index (χ3n) is 3.86. The van der Waals surface area contributed by atoms with Crippen molar-refractivity contribution in [3.8, 4) is 0 Å². The molecule has 1 saturated heterocycles. The van der Waals surface area contributed by atoms with E-state index in [-0.39, 0.29) is 22.7 Å². The fourth-order valence-electron chi connectivity index (χ4n) is 2.60. The van der Waals surface area contributed by atoms with Crippen LogP contribution in [0.25, 0.3) is 0 Å². The fraction of sp³-hybridized carbons (Fsp3) is 0.571. The minimum atomic E-state index is -3.55. The third-order valence-corrected chi connectivity index (χ3v) is 5.49. The number of halogens is 2. The van der Waals surface area contributed by atoms with Crippen molar-refractivity contribution < 1.29 is 13.2 Å². The molecule has 0 atom stereocenters. The van der Waals surface area contributed by atoms with Crippen molar-refractivity contribution in [2.75, 3.05) is 33.4 Å². The van der Waals surface area contributed by atoms with Gasteiger partial charge in [-0.15, -0.1) is 12.4 Å². The van der Waals surface area contributed by atoms with E-state index in [0.717, 1.165) is 25.9 Å². The third kappa shape index (κ3) is 5.08. The van der Waals surface area contributed by atoms with Crippen LogP contribution in [0.1, 0.15) is 12.8 Å². The Morgan fingerprint density at radius 1 is 1.36 bits per heavy atom. The normalized spacial score (nSPS) is 17.7. The van der Waals surface area contributed by atoms with Crippen LogP contribution in [-0.2, 0) is 14.8 Å². The van der Waals surface area contributed by atoms with Gasteiger partial charge in [0.2, 0.25) is 10.0 Å². The van der Waals surface area contributed by atoms with Gasteiger partial charge in [-0.2, -0.15) is 0 Å². The van der Waals surface area contributed by atoms with Crippen molar-refractivity contribution in [3.63, 3.8) is 0 Å². The van der Waals surface area contributed by atoms with Crippen molar-refractivity contribution in [2.24, 2.45) is 5.41 Å². The molecule has 0 radical (unpaired) electrons. The average Bonchev–Trinajstić information content (AvgIpc) is 2.47. The summed E-state index contributed by atoms with van der Waals surface area (Å²) in [4.78, 5) is 0.191. The van der Waals surface area contributed by atoms with E-state index >= 15 is 0 Å². The molecule has 1 aromatic rings. The van der Waals surface area contributed by atoms with E-state index in [1.807, 2.05) is 0 Å². The molecule has 0 unspecified atom stereocenters. The predicted octanol–water partition coefficient (Wildman–Crippen LogP) is 2.06. The monoisotopic (exact) mass is 368 g/mol. The summed E-state index contributed by atoms with van der Waals surface area (Å²) in [5.41, 5.74) is -0.147. The maximum atomic E-state index is 12.3. The molecule has 0 aliphatic carbocycles. The Kier molecular flexibility index (Phi) is 7.58. The van der Waals surface area contributed by atoms with Crippen LogP contribution in [0.3, 0.4) is 0 Å². The van der Waals surface area contributed by atoms with Crippen LogP contribution in [0.15, 0.2) is 29.2 Å². The Morgan fingerprint density at radius 2 is 2.05 bits per heavy atom. The first kappa shape index (κ1) is 19.7. The van der Waals surface area contributed by atoms with Crippen molar-refractivity contribution in [1.82, 2.24) is 10.0 Å². The Hall–Kier alpha value is -0.370. The number of methoxy groups -OCH3 is 1. The molecular weight excluding hydrogens is 347 g/mol. The van der Waals surface area contributed by atoms with Gasteiger partial charge < -0.3 is 10.1 Å². The number of hydrogen-bond acceptors (Lipinski definition) is 4. The second-order valence-electron chi connectivity index (χ2n) is 5.46. The summed E-state index contributed by atoms with van der Waals surface area (Å²) in [6, 6.07) is 6.28. The van der Waals surface area contributed by atoms with E-state index in [4.69, 9.17) is 16.3 Å². The number of rotatable bonds is 6. The average molecular weight is 369 g/mol. The molecule has 22 heavy (non-hydrogen) atoms. The summed E-state index contributed by atoms with van der Waals surface area (Å²) in [7, 11) is -1.90. The summed E-state index contributed by atoms with van der Waals surface area (Å²) in [6.45, 7) is 2.68. The van der Waals surface area contributed by atoms with E-state index in [2.05, 4.69) is 10.0 Å². The van der Waals surface area contributed by atoms with E-state index in [1.54, 1.807) is 25.3 Å². The molecule has 1 heterocycles. The second kappa shape index (κ2) is 8.47. The zero-order valence-electron chi connectivity index (χ0n) is 12.5. The first-order chi connectivity index (χ1) is 9.97. The first-order valence-corrected chi connectivity index (χ1v) is 8.78. The number of benzene rings is 1. The van der Waals surface area contributed by atoms with Gasteiger partial charge in [-0.3, -0.25) is 0 Å². The van der Waals surface area contributed by atoms with Gasteiger partial charge in [-0.25, -0.2) is 13.1 Å². The maximum absolute atomic E-state index is 12.3. The first-order valence-electron chi connectivity index (χ1n) is 6.92. The number of sulfonamides is 1. The van der Waals surface area contributed by atoms with E-state index in [0.29, 0.717) is 18.2 Å². The highest BCUT2D eigenvalue weighted by molar-refractivity contribution is 7.89. The Balaban J connectivity index is 0.00000242. The molecule has 0 bridgehead atoms. The molecule has 1 aliphatic rings. The molecular formula is C14H22Cl2N2O3S. The molecule has 1 aromatic carbocycles. The predicted molar refractivity (Wildman–Crippen MR) is 90.3 cm³/mol. The number of hydrogen-bond donors (Lipinski definition) is 2. The number of piperidine rings is 1. The van der Waals surface area contributed by atoms with Crippen LogP contribution >= 0.6 is 24.0 Å². The second-order valence-corrected chi connectivity index (χ2v) is 7.67. The number of ether oxygens (including phenoxy) is 1. The standard InChI is InChI=1S/C14H21ClN2O3S.ClH/c1-20-11-14(5-7-16-8-6-14)10-17-21(18,19)13-4-2-3-12(15)9-13;/h2-4,9,16-17H,5-8,10-11H2,1H3;1H. The lowest BCUT2D eigenvalue weighted by Crippen LogP contribution is -2.47. The van der Waals surface area contributed by atoms with Gasteiger partial charge in [-0.05, 0) is 44.1 Å². The lowest BCUT2D eigenvalue weighted by molar-refractivity contribution is 0.0577. The Labute approximate surface area is 143 Å². The molecule has 0 spiro atoms. The maximum Gasteiger partial charge on any atom is 0.240 e. The van der Waals surface area contributed by atoms with Gasteiger partial charge in [0.15, 0.2) is 0 Å². The van der Waals surface area contributed by atoms with E-state index in [1.165, 1.54) is 6.07 Å². The van der Waals surface area contributed by atoms with E-state index < -0.39 is 10.0 Å². The summed E-state index contributed by atoms with van der Waals surface area (Å²) in [5.74, 6) is 0. The molecule has 2 rings (SSSR count). The molecule has 0 saturated carbocycles. The van der Waals surface area contributed by atoms with Crippen molar-refractivity contribution >= 4 is 34.0 Å². The SMILES string of the molecule is COCC1(CNS(=O)(=O)c2cccc(Cl)c2)CCNCC1.Cl. The number of nitrogens with one attached hydrogen (secondary N) is 2. The zero-order chi connectivity index (χ0) is 15.3. The van der Waals surface area contributed by atoms with Crippen LogP contribution in [0.5, 0.6) is 0 Å². The van der Waals surface area contributed by atoms with Crippen molar-refractivity contribution in [3.05, 3.63) is 29.3 Å². The van der Waals surface area contributed by atoms with Crippen LogP contribution in [0, 0.1) is 5.41 Å². The van der Waals surface area contributed by atoms with Gasteiger partial charge >= 0.3 is 0 Å². The molecule has 0 amide bonds. The van der Waals surface area contributed by atoms with Crippen molar-refractivity contribution in [2.45, 2.75) is 17.7 Å². The van der Waals surface area contributed by atoms with Gasteiger partial charge in [-0.1, -0.05) is 17.7 Å². The smallest absolute Gasteiger partial charge is 0.240 e. The molecule has 8 heteroatoms. The van der Waals surface area contributed by atoms with Gasteiger partial charge in [0, 0.05) is 24.1 Å². The van der Waals surface area contributed by atoms with Crippen LogP contribution < -0.4 is 10.0 Å². The Bertz CT molecular complexity index is 570. The summed E-state index contributed by atoms with van der Waals surface area (Å²) in [5, 5.41) is 3.69. The molecule has 126 valence electrons. The highest BCUT2D eigenvalue weighted by Crippen LogP contribution is 2.29. The zero-order valence-corrected chi connectivity index (χ0v) is 14.9. The molecule has 5 nitrogen and oxygen atoms in total. The molecule has 2 N–H and O–H groups in total. The van der Waals surface area contributed by atoms with Crippen molar-refractivity contribution in [1.29, 1.82) is 0 Å². The quantitative estimate of drug-likeness (QED) is 0.806. The van der Waals surface area contributed by atoms with Crippen LogP contribution in [0.4, 0.5) is 0 Å². The minimum Gasteiger partial charge on any atom is -0.384 e. The largest absolute Gasteiger partial charge is 0.384 e. The topological polar surface area (TPSA) is 67.4 Å². The minimum absolute atomic E-state index is 0. The van der Waals surface area contributed by atoms with Crippen LogP contribution in [-0.4, -0.2) is 41.8 Å². The summed E-state index contributed by atoms with van der Waals surface area (Å²) >= 11 is 5.86. The van der Waals surface area contributed by atoms with Crippen LogP contribution in [0.2, 0.25) is 5.02 Å². The summed E-state index contributed by atoms with van der Waals surface area (Å²) < 4.78 is 32.7. The van der Waals surface area contributed by atoms with Gasteiger partial charge in [0.25, 0.3) is 0 Å². The molecule has 1 fully saturated rings. The Morgan fingerprint density at radius 3 is 2.64 bits per heavy atom. The van der Waals surface area contributed by atoms with E-state index in [9.17, 15) is 8.42 Å². The highest BCUT2D eigenvalue weighted by Gasteiger charge is 2.33. The molecule has 1 aliphatic heterocycles. The highest BCUT2D eigenvalue weighted by atomic mass is 35.5. The van der Waals surface area contributed by atoms with Gasteiger partial charge in [0.1, 0.15) is 0 Å². The fourth-order valence-corrected chi connectivity index (χ4v) is 4.06. The lowest BCUT2D eigenvalue weighted by atomic mass is 9.80. The molecule has 0 aromatic heterocycles. The lowest BCUT2D eigenvalue weighted by Gasteiger charge is -2.37. The van der Waals surface area contributed by atoms with Gasteiger partial charge in [0.05, 0.1) is 11.5 Å².